The van der Waals surface area contributed by atoms with Crippen molar-refractivity contribution in [1.82, 2.24) is 15.1 Å². The first-order valence-corrected chi connectivity index (χ1v) is 8.46. The Bertz CT molecular complexity index is 703. The van der Waals surface area contributed by atoms with Crippen LogP contribution >= 0.6 is 11.6 Å². The molecule has 2 aromatic rings. The average molecular weight is 346 g/mol. The number of rotatable bonds is 3. The third-order valence-corrected chi connectivity index (χ3v) is 4.63. The van der Waals surface area contributed by atoms with Crippen molar-refractivity contribution in [3.8, 4) is 0 Å². The zero-order valence-electron chi connectivity index (χ0n) is 13.5. The van der Waals surface area contributed by atoms with Crippen molar-refractivity contribution < 1.29 is 9.90 Å². The number of benzene rings is 1. The number of amides is 1. The first-order chi connectivity index (χ1) is 11.5. The molecule has 0 bridgehead atoms. The van der Waals surface area contributed by atoms with E-state index >= 15 is 0 Å². The van der Waals surface area contributed by atoms with Gasteiger partial charge in [0, 0.05) is 11.6 Å². The molecule has 2 atom stereocenters. The molecule has 1 N–H and O–H groups in total. The van der Waals surface area contributed by atoms with Crippen LogP contribution in [0.5, 0.6) is 0 Å². The monoisotopic (exact) mass is 345 g/mol. The van der Waals surface area contributed by atoms with E-state index in [1.54, 1.807) is 17.0 Å². The van der Waals surface area contributed by atoms with Gasteiger partial charge in [-0.05, 0) is 56.0 Å². The predicted molar refractivity (Wildman–Crippen MR) is 92.0 cm³/mol. The smallest absolute Gasteiger partial charge is 0.274 e. The van der Waals surface area contributed by atoms with Gasteiger partial charge in [0.15, 0.2) is 5.69 Å². The van der Waals surface area contributed by atoms with Crippen molar-refractivity contribution in [2.75, 3.05) is 6.54 Å². The van der Waals surface area contributed by atoms with Crippen molar-refractivity contribution in [3.05, 3.63) is 58.4 Å². The summed E-state index contributed by atoms with van der Waals surface area (Å²) in [6, 6.07) is 10.7. The quantitative estimate of drug-likeness (QED) is 0.928. The Morgan fingerprint density at radius 3 is 2.67 bits per heavy atom. The molecule has 1 aromatic heterocycles. The first kappa shape index (κ1) is 16.9. The summed E-state index contributed by atoms with van der Waals surface area (Å²) in [5, 5.41) is 19.1. The number of hydrogen-bond donors (Lipinski definition) is 1. The van der Waals surface area contributed by atoms with E-state index in [0.717, 1.165) is 17.7 Å². The second-order valence-electron chi connectivity index (χ2n) is 6.17. The minimum Gasteiger partial charge on any atom is -0.391 e. The summed E-state index contributed by atoms with van der Waals surface area (Å²) in [5.41, 5.74) is 2.12. The van der Waals surface area contributed by atoms with E-state index in [1.807, 2.05) is 31.2 Å². The van der Waals surface area contributed by atoms with Gasteiger partial charge < -0.3 is 10.0 Å². The van der Waals surface area contributed by atoms with E-state index < -0.39 is 6.10 Å². The van der Waals surface area contributed by atoms with Crippen LogP contribution in [0.2, 0.25) is 5.02 Å². The van der Waals surface area contributed by atoms with Crippen LogP contribution in [0, 0.1) is 6.92 Å². The van der Waals surface area contributed by atoms with E-state index in [1.165, 1.54) is 0 Å². The van der Waals surface area contributed by atoms with Crippen molar-refractivity contribution in [3.63, 3.8) is 0 Å². The number of aryl methyl sites for hydroxylation is 1. The van der Waals surface area contributed by atoms with E-state index in [0.29, 0.717) is 30.1 Å². The minimum absolute atomic E-state index is 0.180. The zero-order chi connectivity index (χ0) is 17.1. The van der Waals surface area contributed by atoms with E-state index in [4.69, 9.17) is 11.6 Å². The van der Waals surface area contributed by atoms with E-state index in [-0.39, 0.29) is 11.9 Å². The van der Waals surface area contributed by atoms with Gasteiger partial charge >= 0.3 is 0 Å². The van der Waals surface area contributed by atoms with Gasteiger partial charge in [0.1, 0.15) is 0 Å². The van der Waals surface area contributed by atoms with Crippen molar-refractivity contribution in [2.45, 2.75) is 38.3 Å². The van der Waals surface area contributed by atoms with E-state index in [9.17, 15) is 9.90 Å². The average Bonchev–Trinajstić information content (AvgIpc) is 2.58. The number of piperidine rings is 1. The Morgan fingerprint density at radius 2 is 2.00 bits per heavy atom. The molecule has 1 saturated heterocycles. The Morgan fingerprint density at radius 1 is 1.25 bits per heavy atom. The molecule has 3 rings (SSSR count). The third kappa shape index (κ3) is 3.74. The number of halogens is 1. The number of nitrogens with zero attached hydrogens (tertiary/aromatic N) is 3. The molecular weight excluding hydrogens is 326 g/mol. The maximum absolute atomic E-state index is 12.8. The summed E-state index contributed by atoms with van der Waals surface area (Å²) in [7, 11) is 0. The molecule has 1 aromatic carbocycles. The third-order valence-electron chi connectivity index (χ3n) is 4.38. The summed E-state index contributed by atoms with van der Waals surface area (Å²) in [6.07, 6.45) is 1.52. The molecule has 1 aliphatic rings. The van der Waals surface area contributed by atoms with Crippen molar-refractivity contribution in [2.24, 2.45) is 0 Å². The Balaban J connectivity index is 1.82. The van der Waals surface area contributed by atoms with Gasteiger partial charge in [-0.3, -0.25) is 4.79 Å². The molecule has 1 amide bonds. The lowest BCUT2D eigenvalue weighted by Crippen LogP contribution is -2.52. The maximum atomic E-state index is 12.8. The molecule has 0 saturated carbocycles. The molecule has 0 unspecified atom stereocenters. The van der Waals surface area contributed by atoms with Crippen LogP contribution in [0.1, 0.15) is 34.6 Å². The molecule has 2 heterocycles. The molecule has 0 spiro atoms. The molecule has 1 fully saturated rings. The van der Waals surface area contributed by atoms with Crippen LogP contribution in [0.4, 0.5) is 0 Å². The lowest BCUT2D eigenvalue weighted by atomic mass is 9.92. The minimum atomic E-state index is -0.545. The fourth-order valence-corrected chi connectivity index (χ4v) is 3.18. The number of carbonyl (C=O) groups is 1. The second kappa shape index (κ2) is 7.28. The van der Waals surface area contributed by atoms with Gasteiger partial charge in [-0.1, -0.05) is 23.7 Å². The largest absolute Gasteiger partial charge is 0.391 e. The highest BCUT2D eigenvalue weighted by molar-refractivity contribution is 6.30. The van der Waals surface area contributed by atoms with Gasteiger partial charge in [0.05, 0.1) is 17.8 Å². The number of aliphatic hydroxyl groups excluding tert-OH is 1. The summed E-state index contributed by atoms with van der Waals surface area (Å²) >= 11 is 5.93. The SMILES string of the molecule is Cc1ccc(C(=O)N2CCC[C@H](O)[C@@H]2Cc2ccc(Cl)cc2)nn1. The summed E-state index contributed by atoms with van der Waals surface area (Å²) in [4.78, 5) is 14.5. The lowest BCUT2D eigenvalue weighted by molar-refractivity contribution is 0.0114. The van der Waals surface area contributed by atoms with Crippen LogP contribution in [0.15, 0.2) is 36.4 Å². The number of likely N-dealkylation sites (tertiary alicyclic amines) is 1. The van der Waals surface area contributed by atoms with Crippen molar-refractivity contribution in [1.29, 1.82) is 0 Å². The number of aromatic nitrogens is 2. The van der Waals surface area contributed by atoms with Gasteiger partial charge in [0.25, 0.3) is 5.91 Å². The summed E-state index contributed by atoms with van der Waals surface area (Å²) in [5.74, 6) is -0.180. The molecule has 126 valence electrons. The lowest BCUT2D eigenvalue weighted by Gasteiger charge is -2.39. The van der Waals surface area contributed by atoms with Gasteiger partial charge in [-0.15, -0.1) is 5.10 Å². The normalized spacial score (nSPS) is 20.9. The van der Waals surface area contributed by atoms with Crippen LogP contribution in [-0.2, 0) is 6.42 Å². The van der Waals surface area contributed by atoms with Crippen molar-refractivity contribution >= 4 is 17.5 Å². The highest BCUT2D eigenvalue weighted by atomic mass is 35.5. The van der Waals surface area contributed by atoms with Crippen LogP contribution in [0.25, 0.3) is 0 Å². The molecule has 24 heavy (non-hydrogen) atoms. The zero-order valence-corrected chi connectivity index (χ0v) is 14.3. The Labute approximate surface area is 146 Å². The standard InChI is InChI=1S/C18H20ClN3O2/c1-12-4-9-15(21-20-12)18(24)22-10-2-3-17(23)16(22)11-13-5-7-14(19)8-6-13/h4-9,16-17,23H,2-3,10-11H2,1H3/t16-,17-/m0/s1. The van der Waals surface area contributed by atoms with Crippen LogP contribution in [0.3, 0.4) is 0 Å². The second-order valence-corrected chi connectivity index (χ2v) is 6.60. The van der Waals surface area contributed by atoms with E-state index in [2.05, 4.69) is 10.2 Å². The molecule has 5 nitrogen and oxygen atoms in total. The Kier molecular flexibility index (Phi) is 5.11. The van der Waals surface area contributed by atoms with Crippen LogP contribution in [-0.4, -0.2) is 44.8 Å². The van der Waals surface area contributed by atoms with Gasteiger partial charge in [0.2, 0.25) is 0 Å². The Hall–Kier alpha value is -1.98. The topological polar surface area (TPSA) is 66.3 Å². The highest BCUT2D eigenvalue weighted by Crippen LogP contribution is 2.23. The molecule has 0 radical (unpaired) electrons. The highest BCUT2D eigenvalue weighted by Gasteiger charge is 2.34. The first-order valence-electron chi connectivity index (χ1n) is 8.08. The molecule has 0 aliphatic carbocycles. The van der Waals surface area contributed by atoms with Crippen LogP contribution < -0.4 is 0 Å². The fraction of sp³-hybridized carbons (Fsp3) is 0.389. The maximum Gasteiger partial charge on any atom is 0.274 e. The molecule has 1 aliphatic heterocycles. The molecule has 6 heteroatoms. The van der Waals surface area contributed by atoms with Gasteiger partial charge in [-0.2, -0.15) is 5.10 Å². The summed E-state index contributed by atoms with van der Waals surface area (Å²) in [6.45, 7) is 2.44. The summed E-state index contributed by atoms with van der Waals surface area (Å²) < 4.78 is 0. The number of carbonyl (C=O) groups excluding carboxylic acids is 1. The molecular formula is C18H20ClN3O2. The fourth-order valence-electron chi connectivity index (χ4n) is 3.06. The number of aliphatic hydroxyl groups is 1. The number of hydrogen-bond acceptors (Lipinski definition) is 4. The predicted octanol–water partition coefficient (Wildman–Crippen LogP) is 2.65. The van der Waals surface area contributed by atoms with Gasteiger partial charge in [-0.25, -0.2) is 0 Å².